The molecule has 1 unspecified atom stereocenters. The molecule has 1 fully saturated rings. The Morgan fingerprint density at radius 1 is 1.00 bits per heavy atom. The Morgan fingerprint density at radius 2 is 1.48 bits per heavy atom. The highest BCUT2D eigenvalue weighted by atomic mass is 19.4. The number of amides is 2. The number of carbonyl (C=O) groups excluding carboxylic acids is 2. The van der Waals surface area contributed by atoms with Crippen LogP contribution in [-0.4, -0.2) is 35.9 Å². The minimum atomic E-state index is -4.92. The molecule has 8 heteroatoms. The van der Waals surface area contributed by atoms with Crippen LogP contribution in [-0.2, 0) is 9.53 Å². The van der Waals surface area contributed by atoms with Gasteiger partial charge in [0.25, 0.3) is 0 Å². The second-order valence-electron chi connectivity index (χ2n) is 6.11. The Morgan fingerprint density at radius 3 is 1.90 bits per heavy atom. The van der Waals surface area contributed by atoms with Gasteiger partial charge in [0.05, 0.1) is 6.04 Å². The molecule has 1 saturated carbocycles. The van der Waals surface area contributed by atoms with E-state index >= 15 is 0 Å². The fraction of sp³-hybridized carbons (Fsp3) is 0.846. The normalized spacial score (nSPS) is 23.3. The summed E-state index contributed by atoms with van der Waals surface area (Å²) in [6.45, 7) is 5.07. The average molecular weight is 310 g/mol. The molecule has 2 atom stereocenters. The Labute approximate surface area is 121 Å². The van der Waals surface area contributed by atoms with Gasteiger partial charge in [-0.1, -0.05) is 12.8 Å². The van der Waals surface area contributed by atoms with Crippen molar-refractivity contribution < 1.29 is 27.5 Å². The largest absolute Gasteiger partial charge is 0.471 e. The van der Waals surface area contributed by atoms with E-state index in [1.807, 2.05) is 5.32 Å². The zero-order valence-electron chi connectivity index (χ0n) is 12.3. The van der Waals surface area contributed by atoms with Gasteiger partial charge in [-0.3, -0.25) is 4.79 Å². The molecule has 0 spiro atoms. The van der Waals surface area contributed by atoms with Gasteiger partial charge in [0.1, 0.15) is 5.60 Å². The molecular weight excluding hydrogens is 289 g/mol. The van der Waals surface area contributed by atoms with Crippen LogP contribution in [0, 0.1) is 0 Å². The molecule has 1 rings (SSSR count). The lowest BCUT2D eigenvalue weighted by Crippen LogP contribution is -2.56. The van der Waals surface area contributed by atoms with Crippen molar-refractivity contribution >= 4 is 12.0 Å². The van der Waals surface area contributed by atoms with E-state index in [1.165, 1.54) is 0 Å². The highest BCUT2D eigenvalue weighted by Crippen LogP contribution is 2.22. The van der Waals surface area contributed by atoms with Crippen molar-refractivity contribution in [2.24, 2.45) is 0 Å². The first-order chi connectivity index (χ1) is 9.49. The van der Waals surface area contributed by atoms with Gasteiger partial charge in [0.15, 0.2) is 0 Å². The molecule has 0 saturated heterocycles. The molecule has 0 heterocycles. The van der Waals surface area contributed by atoms with Crippen LogP contribution < -0.4 is 10.6 Å². The fourth-order valence-corrected chi connectivity index (χ4v) is 2.19. The summed E-state index contributed by atoms with van der Waals surface area (Å²) in [5.41, 5.74) is -0.691. The molecule has 2 amide bonds. The Kier molecular flexibility index (Phi) is 5.47. The third kappa shape index (κ3) is 6.22. The van der Waals surface area contributed by atoms with E-state index in [2.05, 4.69) is 5.32 Å². The number of alkyl halides is 3. The van der Waals surface area contributed by atoms with E-state index in [9.17, 15) is 22.8 Å². The van der Waals surface area contributed by atoms with Crippen LogP contribution in [0.2, 0.25) is 0 Å². The Hall–Kier alpha value is -1.47. The second kappa shape index (κ2) is 6.53. The van der Waals surface area contributed by atoms with Crippen LogP contribution in [0.4, 0.5) is 18.0 Å². The molecular formula is C13H21F3N2O3. The zero-order chi connectivity index (χ0) is 16.3. The molecule has 122 valence electrons. The molecule has 0 aromatic heterocycles. The minimum Gasteiger partial charge on any atom is -0.444 e. The molecule has 0 bridgehead atoms. The topological polar surface area (TPSA) is 67.4 Å². The van der Waals surface area contributed by atoms with Crippen molar-refractivity contribution in [3.05, 3.63) is 0 Å². The first-order valence-electron chi connectivity index (χ1n) is 6.86. The monoisotopic (exact) mass is 310 g/mol. The van der Waals surface area contributed by atoms with Gasteiger partial charge >= 0.3 is 18.2 Å². The van der Waals surface area contributed by atoms with Gasteiger partial charge in [0.2, 0.25) is 0 Å². The van der Waals surface area contributed by atoms with Crippen LogP contribution in [0.3, 0.4) is 0 Å². The molecule has 0 aromatic carbocycles. The van der Waals surface area contributed by atoms with Crippen LogP contribution in [0.25, 0.3) is 0 Å². The quantitative estimate of drug-likeness (QED) is 0.823. The number of hydrogen-bond donors (Lipinski definition) is 2. The second-order valence-corrected chi connectivity index (χ2v) is 6.11. The van der Waals surface area contributed by atoms with Crippen LogP contribution in [0.5, 0.6) is 0 Å². The van der Waals surface area contributed by atoms with E-state index in [-0.39, 0.29) is 0 Å². The summed E-state index contributed by atoms with van der Waals surface area (Å²) in [4.78, 5) is 22.7. The van der Waals surface area contributed by atoms with Crippen molar-refractivity contribution in [3.63, 3.8) is 0 Å². The van der Waals surface area contributed by atoms with E-state index in [1.54, 1.807) is 20.8 Å². The van der Waals surface area contributed by atoms with E-state index in [4.69, 9.17) is 4.74 Å². The molecule has 21 heavy (non-hydrogen) atoms. The molecule has 1 aliphatic rings. The standard InChI is InChI=1S/C13H21F3N2O3/c1-12(2,3)21-11(20)18-9-7-5-4-6-8(9)17-10(19)13(14,15)16/h8-9H,4-7H2,1-3H3,(H,17,19)(H,18,20)/t8?,9-/m0/s1. The van der Waals surface area contributed by atoms with E-state index in [0.29, 0.717) is 19.3 Å². The van der Waals surface area contributed by atoms with Gasteiger partial charge in [-0.15, -0.1) is 0 Å². The smallest absolute Gasteiger partial charge is 0.444 e. The van der Waals surface area contributed by atoms with Crippen molar-refractivity contribution in [2.75, 3.05) is 0 Å². The van der Waals surface area contributed by atoms with Crippen LogP contribution in [0.1, 0.15) is 46.5 Å². The number of nitrogens with one attached hydrogen (secondary N) is 2. The maximum Gasteiger partial charge on any atom is 0.471 e. The number of hydrogen-bond acceptors (Lipinski definition) is 3. The van der Waals surface area contributed by atoms with Crippen molar-refractivity contribution in [1.29, 1.82) is 0 Å². The number of rotatable bonds is 2. The highest BCUT2D eigenvalue weighted by molar-refractivity contribution is 5.82. The SMILES string of the molecule is CC(C)(C)OC(=O)N[C@H]1CCCCC1NC(=O)C(F)(F)F. The molecule has 0 aliphatic heterocycles. The maximum absolute atomic E-state index is 12.3. The maximum atomic E-state index is 12.3. The van der Waals surface area contributed by atoms with Crippen molar-refractivity contribution in [2.45, 2.75) is 70.3 Å². The van der Waals surface area contributed by atoms with Gasteiger partial charge in [0, 0.05) is 6.04 Å². The predicted molar refractivity (Wildman–Crippen MR) is 69.6 cm³/mol. The molecule has 1 aliphatic carbocycles. The van der Waals surface area contributed by atoms with Gasteiger partial charge in [-0.05, 0) is 33.6 Å². The lowest BCUT2D eigenvalue weighted by atomic mass is 9.90. The van der Waals surface area contributed by atoms with E-state index < -0.39 is 35.9 Å². The summed E-state index contributed by atoms with van der Waals surface area (Å²) in [5, 5.41) is 4.48. The van der Waals surface area contributed by atoms with Crippen molar-refractivity contribution in [1.82, 2.24) is 10.6 Å². The number of ether oxygens (including phenoxy) is 1. The molecule has 2 N–H and O–H groups in total. The number of carbonyl (C=O) groups is 2. The lowest BCUT2D eigenvalue weighted by molar-refractivity contribution is -0.174. The summed E-state index contributed by atoms with van der Waals surface area (Å²) >= 11 is 0. The first kappa shape index (κ1) is 17.6. The Balaban J connectivity index is 2.61. The highest BCUT2D eigenvalue weighted by Gasteiger charge is 2.41. The third-order valence-corrected chi connectivity index (χ3v) is 3.04. The predicted octanol–water partition coefficient (Wildman–Crippen LogP) is 2.50. The Bertz CT molecular complexity index is 391. The third-order valence-electron chi connectivity index (χ3n) is 3.04. The molecule has 5 nitrogen and oxygen atoms in total. The number of halogens is 3. The summed E-state index contributed by atoms with van der Waals surface area (Å²) in [6, 6.07) is -1.29. The van der Waals surface area contributed by atoms with Crippen LogP contribution in [0.15, 0.2) is 0 Å². The summed E-state index contributed by atoms with van der Waals surface area (Å²) < 4.78 is 42.0. The van der Waals surface area contributed by atoms with Crippen molar-refractivity contribution in [3.8, 4) is 0 Å². The molecule has 0 radical (unpaired) electrons. The summed E-state index contributed by atoms with van der Waals surface area (Å²) in [6.07, 6.45) is -3.24. The number of alkyl carbamates (subject to hydrolysis) is 1. The van der Waals surface area contributed by atoms with Gasteiger partial charge in [-0.2, -0.15) is 13.2 Å². The average Bonchev–Trinajstić information content (AvgIpc) is 2.27. The first-order valence-corrected chi connectivity index (χ1v) is 6.86. The minimum absolute atomic E-state index is 0.391. The summed E-state index contributed by atoms with van der Waals surface area (Å²) in [5.74, 6) is -1.98. The fourth-order valence-electron chi connectivity index (χ4n) is 2.19. The van der Waals surface area contributed by atoms with Gasteiger partial charge in [-0.25, -0.2) is 4.79 Å². The van der Waals surface area contributed by atoms with Gasteiger partial charge < -0.3 is 15.4 Å². The molecule has 0 aromatic rings. The summed E-state index contributed by atoms with van der Waals surface area (Å²) in [7, 11) is 0. The zero-order valence-corrected chi connectivity index (χ0v) is 12.3. The lowest BCUT2D eigenvalue weighted by Gasteiger charge is -2.33. The van der Waals surface area contributed by atoms with Crippen LogP contribution >= 0.6 is 0 Å². The van der Waals surface area contributed by atoms with E-state index in [0.717, 1.165) is 6.42 Å².